The molecule has 0 amide bonds. The Hall–Kier alpha value is -1.74. The van der Waals surface area contributed by atoms with Crippen molar-refractivity contribution in [1.82, 2.24) is 0 Å². The van der Waals surface area contributed by atoms with Crippen LogP contribution in [0.5, 0.6) is 0 Å². The number of hydrogen-bond acceptors (Lipinski definition) is 19. The monoisotopic (exact) mass is 662 g/mol. The normalized spacial score (nSPS) is 52.7. The molecule has 21 heteroatoms. The predicted molar refractivity (Wildman–Crippen MR) is 132 cm³/mol. The summed E-state index contributed by atoms with van der Waals surface area (Å²) >= 11 is 0. The Kier molecular flexibility index (Phi) is 11.4. The highest BCUT2D eigenvalue weighted by atomic mass is 16.8. The molecule has 0 aliphatic carbocycles. The van der Waals surface area contributed by atoms with Crippen molar-refractivity contribution < 1.29 is 104 Å². The summed E-state index contributed by atoms with van der Waals surface area (Å²) in [6.45, 7) is 2.57. The molecule has 0 radical (unpaired) electrons. The molecule has 20 atom stereocenters. The molecule has 45 heavy (non-hydrogen) atoms. The van der Waals surface area contributed by atoms with Gasteiger partial charge in [-0.2, -0.15) is 0 Å². The maximum atomic E-state index is 12.1. The molecule has 4 saturated heterocycles. The molecule has 260 valence electrons. The maximum absolute atomic E-state index is 12.1. The summed E-state index contributed by atoms with van der Waals surface area (Å²) in [6, 6.07) is 0. The Morgan fingerprint density at radius 3 is 1.38 bits per heavy atom. The molecule has 4 aliphatic heterocycles. The largest absolute Gasteiger partial charge is 0.479 e. The van der Waals surface area contributed by atoms with Gasteiger partial charge in [-0.25, -0.2) is 9.59 Å². The molecule has 0 aromatic rings. The van der Waals surface area contributed by atoms with Gasteiger partial charge in [-0.1, -0.05) is 0 Å². The lowest BCUT2D eigenvalue weighted by Gasteiger charge is -2.48. The van der Waals surface area contributed by atoms with E-state index in [0.717, 1.165) is 0 Å². The lowest BCUT2D eigenvalue weighted by atomic mass is 9.96. The molecule has 4 aliphatic rings. The second kappa shape index (κ2) is 14.2. The minimum atomic E-state index is -2.20. The smallest absolute Gasteiger partial charge is 0.335 e. The van der Waals surface area contributed by atoms with Crippen molar-refractivity contribution in [3.05, 3.63) is 0 Å². The Bertz CT molecular complexity index is 1030. The van der Waals surface area contributed by atoms with Crippen LogP contribution in [0.15, 0.2) is 0 Å². The van der Waals surface area contributed by atoms with Crippen LogP contribution < -0.4 is 0 Å². The van der Waals surface area contributed by atoms with Gasteiger partial charge in [0.2, 0.25) is 0 Å². The lowest BCUT2D eigenvalue weighted by molar-refractivity contribution is -0.388. The fraction of sp³-hybridized carbons (Fsp3) is 0.917. The Morgan fingerprint density at radius 2 is 0.822 bits per heavy atom. The highest BCUT2D eigenvalue weighted by molar-refractivity contribution is 5.74. The molecule has 4 heterocycles. The second-order valence-corrected chi connectivity index (χ2v) is 11.2. The molecule has 21 nitrogen and oxygen atoms in total. The summed E-state index contributed by atoms with van der Waals surface area (Å²) in [7, 11) is 0. The minimum Gasteiger partial charge on any atom is -0.479 e. The van der Waals surface area contributed by atoms with E-state index in [2.05, 4.69) is 0 Å². The zero-order chi connectivity index (χ0) is 33.7. The number of aliphatic carboxylic acids is 2. The molecule has 4 fully saturated rings. The number of aliphatic hydroxyl groups excluding tert-OH is 10. The van der Waals surface area contributed by atoms with E-state index < -0.39 is 135 Å². The summed E-state index contributed by atoms with van der Waals surface area (Å²) in [6.07, 6.45) is -38.1. The van der Waals surface area contributed by atoms with Gasteiger partial charge in [0, 0.05) is 0 Å². The molecule has 12 N–H and O–H groups in total. The zero-order valence-corrected chi connectivity index (χ0v) is 23.6. The maximum Gasteiger partial charge on any atom is 0.335 e. The van der Waals surface area contributed by atoms with Crippen molar-refractivity contribution in [3.8, 4) is 0 Å². The average molecular weight is 663 g/mol. The first kappa shape index (κ1) is 36.1. The third-order valence-corrected chi connectivity index (χ3v) is 8.06. The average Bonchev–Trinajstić information content (AvgIpc) is 2.98. The van der Waals surface area contributed by atoms with E-state index in [0.29, 0.717) is 0 Å². The number of carbonyl (C=O) groups is 2. The first-order valence-electron chi connectivity index (χ1n) is 13.8. The van der Waals surface area contributed by atoms with Gasteiger partial charge in [-0.3, -0.25) is 0 Å². The molecule has 0 aromatic heterocycles. The molecule has 0 aromatic carbocycles. The van der Waals surface area contributed by atoms with E-state index in [1.807, 2.05) is 0 Å². The molecule has 0 saturated carbocycles. The molecule has 4 rings (SSSR count). The number of rotatable bonds is 8. The molecule has 0 bridgehead atoms. The standard InChI is InChI=1S/C24H38O21/c1-3-5(25)7(27)12(32)22(39-3)42-15-10(30)13(33)23(45-18(15)20(36)37)44-16-8(28)6(26)4(2)40-24(16)43-14-9(29)11(31)21(38)41-17(14)19(34)35/h3-18,21-33,38H,1-2H3,(H,34,35)(H,36,37)/t3-,4-,5-,6-,7+,8+,9+,10+,11+,12+,13+,14+,15+,16+,17-,18-,21?,22-,23-,24-/m0/s1. The van der Waals surface area contributed by atoms with Crippen LogP contribution in [0, 0.1) is 0 Å². The van der Waals surface area contributed by atoms with Crippen LogP contribution in [0.4, 0.5) is 0 Å². The van der Waals surface area contributed by atoms with Crippen LogP contribution in [-0.2, 0) is 42.7 Å². The van der Waals surface area contributed by atoms with Gasteiger partial charge in [0.25, 0.3) is 0 Å². The van der Waals surface area contributed by atoms with Crippen molar-refractivity contribution in [1.29, 1.82) is 0 Å². The van der Waals surface area contributed by atoms with Crippen LogP contribution in [-0.4, -0.2) is 196 Å². The molecular weight excluding hydrogens is 624 g/mol. The quantitative estimate of drug-likeness (QED) is 0.115. The highest BCUT2D eigenvalue weighted by Crippen LogP contribution is 2.34. The SMILES string of the molecule is C[C@@H]1O[C@@H](O[C@@H]2[C@H](O)[C@@H](O)[C@@H](O[C@H]3[C@H](O[C@@H]4[C@H](O)[C@@H](O)C(O)O[C@@H]4C(=O)O)O[C@@H](C)[C@H](O)[C@H]3O)O[C@@H]2C(=O)O)[C@H](O)[C@H](O)[C@H]1O. The van der Waals surface area contributed by atoms with Crippen LogP contribution >= 0.6 is 0 Å². The minimum absolute atomic E-state index is 1.11. The fourth-order valence-corrected chi connectivity index (χ4v) is 5.35. The van der Waals surface area contributed by atoms with Gasteiger partial charge in [-0.05, 0) is 13.8 Å². The van der Waals surface area contributed by atoms with Gasteiger partial charge in [0.1, 0.15) is 73.2 Å². The number of carboxylic acid groups (broad SMARTS) is 2. The van der Waals surface area contributed by atoms with Crippen LogP contribution in [0.3, 0.4) is 0 Å². The van der Waals surface area contributed by atoms with Gasteiger partial charge in [0.15, 0.2) is 37.4 Å². The Morgan fingerprint density at radius 1 is 0.444 bits per heavy atom. The van der Waals surface area contributed by atoms with E-state index in [1.165, 1.54) is 13.8 Å². The lowest BCUT2D eigenvalue weighted by Crippen LogP contribution is -2.67. The number of carboxylic acids is 2. The third-order valence-electron chi connectivity index (χ3n) is 8.06. The van der Waals surface area contributed by atoms with Crippen molar-refractivity contribution in [3.63, 3.8) is 0 Å². The predicted octanol–water partition coefficient (Wildman–Crippen LogP) is -7.51. The topological polar surface area (TPSA) is 342 Å². The van der Waals surface area contributed by atoms with E-state index in [1.54, 1.807) is 0 Å². The fourth-order valence-electron chi connectivity index (χ4n) is 5.35. The first-order chi connectivity index (χ1) is 21.0. The van der Waals surface area contributed by atoms with E-state index in [-0.39, 0.29) is 0 Å². The molecular formula is C24H38O21. The third kappa shape index (κ3) is 7.09. The summed E-state index contributed by atoms with van der Waals surface area (Å²) < 4.78 is 37.2. The van der Waals surface area contributed by atoms with Crippen LogP contribution in [0.1, 0.15) is 13.8 Å². The van der Waals surface area contributed by atoms with Crippen LogP contribution in [0.25, 0.3) is 0 Å². The Balaban J connectivity index is 1.55. The number of ether oxygens (including phenoxy) is 7. The van der Waals surface area contributed by atoms with E-state index >= 15 is 0 Å². The van der Waals surface area contributed by atoms with Crippen molar-refractivity contribution in [2.75, 3.05) is 0 Å². The highest BCUT2D eigenvalue weighted by Gasteiger charge is 2.56. The second-order valence-electron chi connectivity index (χ2n) is 11.2. The van der Waals surface area contributed by atoms with Crippen molar-refractivity contribution in [2.24, 2.45) is 0 Å². The zero-order valence-electron chi connectivity index (χ0n) is 23.6. The summed E-state index contributed by atoms with van der Waals surface area (Å²) in [5, 5.41) is 123. The molecule has 1 unspecified atom stereocenters. The van der Waals surface area contributed by atoms with Gasteiger partial charge < -0.3 is 94.4 Å². The van der Waals surface area contributed by atoms with E-state index in [9.17, 15) is 70.9 Å². The number of hydrogen-bond donors (Lipinski definition) is 12. The first-order valence-corrected chi connectivity index (χ1v) is 13.8. The van der Waals surface area contributed by atoms with Crippen molar-refractivity contribution >= 4 is 11.9 Å². The number of aliphatic hydroxyl groups is 10. The van der Waals surface area contributed by atoms with Gasteiger partial charge in [0.05, 0.1) is 12.2 Å². The Labute approximate surface area is 253 Å². The summed E-state index contributed by atoms with van der Waals surface area (Å²) in [5.41, 5.74) is 0. The molecule has 0 spiro atoms. The summed E-state index contributed by atoms with van der Waals surface area (Å²) in [4.78, 5) is 23.9. The van der Waals surface area contributed by atoms with Gasteiger partial charge >= 0.3 is 11.9 Å². The summed E-state index contributed by atoms with van der Waals surface area (Å²) in [5.74, 6) is -3.54. The van der Waals surface area contributed by atoms with E-state index in [4.69, 9.17) is 33.2 Å². The van der Waals surface area contributed by atoms with Gasteiger partial charge in [-0.15, -0.1) is 0 Å². The van der Waals surface area contributed by atoms with Crippen LogP contribution in [0.2, 0.25) is 0 Å². The van der Waals surface area contributed by atoms with Crippen molar-refractivity contribution in [2.45, 2.75) is 137 Å².